The first-order valence-corrected chi connectivity index (χ1v) is 9.10. The van der Waals surface area contributed by atoms with Gasteiger partial charge in [-0.2, -0.15) is 0 Å². The number of halogens is 2. The highest BCUT2D eigenvalue weighted by Crippen LogP contribution is 2.33. The van der Waals surface area contributed by atoms with Gasteiger partial charge in [-0.1, -0.05) is 23.2 Å². The predicted molar refractivity (Wildman–Crippen MR) is 95.2 cm³/mol. The normalized spacial score (nSPS) is 14.0. The first-order chi connectivity index (χ1) is 11.2. The Balaban J connectivity index is 1.95. The van der Waals surface area contributed by atoms with Crippen LogP contribution >= 0.6 is 23.2 Å². The maximum Gasteiger partial charge on any atom is 0.261 e. The summed E-state index contributed by atoms with van der Waals surface area (Å²) in [6.07, 6.45) is 0.175. The van der Waals surface area contributed by atoms with Gasteiger partial charge >= 0.3 is 0 Å². The molecular weight excluding hydrogens is 373 g/mol. The second-order valence-corrected chi connectivity index (χ2v) is 7.88. The smallest absolute Gasteiger partial charge is 0.261 e. The quantitative estimate of drug-likeness (QED) is 0.794. The van der Waals surface area contributed by atoms with Gasteiger partial charge in [-0.3, -0.25) is 9.52 Å². The van der Waals surface area contributed by atoms with Gasteiger partial charge in [-0.15, -0.1) is 0 Å². The highest BCUT2D eigenvalue weighted by molar-refractivity contribution is 7.92. The van der Waals surface area contributed by atoms with Crippen molar-refractivity contribution in [3.05, 3.63) is 45.9 Å². The van der Waals surface area contributed by atoms with Crippen LogP contribution in [0.2, 0.25) is 10.0 Å². The van der Waals surface area contributed by atoms with Gasteiger partial charge in [0.1, 0.15) is 0 Å². The number of hydrogen-bond acceptors (Lipinski definition) is 4. The maximum atomic E-state index is 12.5. The summed E-state index contributed by atoms with van der Waals surface area (Å²) in [6.45, 7) is 0. The molecule has 1 aliphatic rings. The van der Waals surface area contributed by atoms with E-state index in [1.165, 1.54) is 29.2 Å². The van der Waals surface area contributed by atoms with Gasteiger partial charge in [0, 0.05) is 12.7 Å². The van der Waals surface area contributed by atoms with E-state index in [0.717, 1.165) is 0 Å². The van der Waals surface area contributed by atoms with Gasteiger partial charge in [0.15, 0.2) is 0 Å². The predicted octanol–water partition coefficient (Wildman–Crippen LogP) is 2.90. The van der Waals surface area contributed by atoms with Crippen LogP contribution in [0.5, 0.6) is 0 Å². The number of likely N-dealkylation sites (N-methyl/N-ethyl adjacent to an activating group) is 1. The van der Waals surface area contributed by atoms with Crippen molar-refractivity contribution in [2.45, 2.75) is 11.3 Å². The second-order valence-electron chi connectivity index (χ2n) is 5.38. The number of hydrogen-bond donors (Lipinski definition) is 2. The number of anilines is 3. The molecule has 3 rings (SSSR count). The fourth-order valence-electron chi connectivity index (χ4n) is 2.47. The molecule has 1 amide bonds. The molecule has 0 saturated heterocycles. The van der Waals surface area contributed by atoms with E-state index in [0.29, 0.717) is 11.3 Å². The van der Waals surface area contributed by atoms with Gasteiger partial charge in [0.2, 0.25) is 5.91 Å². The molecule has 0 atom stereocenters. The molecule has 6 nitrogen and oxygen atoms in total. The van der Waals surface area contributed by atoms with E-state index in [4.69, 9.17) is 28.9 Å². The summed E-state index contributed by atoms with van der Waals surface area (Å²) in [5.41, 5.74) is 7.39. The number of nitrogens with zero attached hydrogens (tertiary/aromatic N) is 1. The van der Waals surface area contributed by atoms with Crippen molar-refractivity contribution in [3.63, 3.8) is 0 Å². The van der Waals surface area contributed by atoms with Crippen LogP contribution in [0, 0.1) is 0 Å². The lowest BCUT2D eigenvalue weighted by molar-refractivity contribution is -0.117. The summed E-state index contributed by atoms with van der Waals surface area (Å²) in [5, 5.41) is 0.308. The Kier molecular flexibility index (Phi) is 4.11. The molecule has 0 aromatic heterocycles. The number of carbonyl (C=O) groups is 1. The van der Waals surface area contributed by atoms with E-state index in [2.05, 4.69) is 4.72 Å². The largest absolute Gasteiger partial charge is 0.396 e. The average Bonchev–Trinajstić information content (AvgIpc) is 2.79. The molecule has 126 valence electrons. The van der Waals surface area contributed by atoms with Crippen LogP contribution in [-0.2, 0) is 21.2 Å². The van der Waals surface area contributed by atoms with Crippen molar-refractivity contribution >= 4 is 56.2 Å². The van der Waals surface area contributed by atoms with Crippen molar-refractivity contribution in [2.24, 2.45) is 0 Å². The minimum absolute atomic E-state index is 0.0495. The number of nitrogens with two attached hydrogens (primary N) is 1. The number of benzene rings is 2. The van der Waals surface area contributed by atoms with Crippen LogP contribution in [0.15, 0.2) is 35.2 Å². The van der Waals surface area contributed by atoms with Crippen LogP contribution in [0.3, 0.4) is 0 Å². The zero-order valence-electron chi connectivity index (χ0n) is 12.5. The third-order valence-electron chi connectivity index (χ3n) is 3.77. The lowest BCUT2D eigenvalue weighted by Gasteiger charge is -2.13. The Morgan fingerprint density at radius 3 is 2.42 bits per heavy atom. The highest BCUT2D eigenvalue weighted by atomic mass is 35.5. The van der Waals surface area contributed by atoms with Crippen LogP contribution in [0.25, 0.3) is 0 Å². The lowest BCUT2D eigenvalue weighted by Crippen LogP contribution is -2.20. The summed E-state index contributed by atoms with van der Waals surface area (Å²) in [6, 6.07) is 7.30. The van der Waals surface area contributed by atoms with Crippen LogP contribution in [0.1, 0.15) is 5.56 Å². The average molecular weight is 386 g/mol. The molecule has 0 saturated carbocycles. The number of amides is 1. The Hall–Kier alpha value is -1.96. The Morgan fingerprint density at radius 2 is 1.79 bits per heavy atom. The Bertz CT molecular complexity index is 937. The van der Waals surface area contributed by atoms with E-state index in [1.54, 1.807) is 13.1 Å². The van der Waals surface area contributed by atoms with Gasteiger partial charge in [-0.25, -0.2) is 8.42 Å². The zero-order valence-corrected chi connectivity index (χ0v) is 14.8. The van der Waals surface area contributed by atoms with E-state index in [1.807, 2.05) is 0 Å². The third kappa shape index (κ3) is 2.90. The second kappa shape index (κ2) is 5.84. The topological polar surface area (TPSA) is 92.5 Å². The molecule has 0 fully saturated rings. The molecule has 0 spiro atoms. The Labute approximate surface area is 149 Å². The van der Waals surface area contributed by atoms with Gasteiger partial charge in [0.05, 0.1) is 32.7 Å². The van der Waals surface area contributed by atoms with Crippen LogP contribution in [0.4, 0.5) is 17.1 Å². The molecule has 9 heteroatoms. The van der Waals surface area contributed by atoms with Crippen molar-refractivity contribution in [1.29, 1.82) is 0 Å². The summed E-state index contributed by atoms with van der Waals surface area (Å²) in [4.78, 5) is 13.3. The van der Waals surface area contributed by atoms with Crippen molar-refractivity contribution < 1.29 is 13.2 Å². The molecule has 0 aliphatic carbocycles. The minimum atomic E-state index is -3.85. The van der Waals surface area contributed by atoms with E-state index < -0.39 is 10.0 Å². The van der Waals surface area contributed by atoms with E-state index >= 15 is 0 Å². The standard InChI is InChI=1S/C15H13Cl2N3O3S/c1-20-13-3-2-10(4-8(13)5-14(20)21)24(22,23)19-9-6-11(16)15(18)12(17)7-9/h2-4,6-7,19H,5,18H2,1H3. The number of fused-ring (bicyclic) bond motifs is 1. The monoisotopic (exact) mass is 385 g/mol. The first kappa shape index (κ1) is 16.9. The van der Waals surface area contributed by atoms with E-state index in [-0.39, 0.29) is 38.6 Å². The SMILES string of the molecule is CN1C(=O)Cc2cc(S(=O)(=O)Nc3cc(Cl)c(N)c(Cl)c3)ccc21. The van der Waals surface area contributed by atoms with Gasteiger partial charge in [0.25, 0.3) is 10.0 Å². The summed E-state index contributed by atoms with van der Waals surface area (Å²) in [5.74, 6) is -0.0791. The molecule has 0 unspecified atom stereocenters. The van der Waals surface area contributed by atoms with Gasteiger partial charge < -0.3 is 10.6 Å². The number of nitrogen functional groups attached to an aromatic ring is 1. The molecule has 24 heavy (non-hydrogen) atoms. The van der Waals surface area contributed by atoms with Crippen molar-refractivity contribution in [1.82, 2.24) is 0 Å². The molecule has 0 radical (unpaired) electrons. The van der Waals surface area contributed by atoms with E-state index in [9.17, 15) is 13.2 Å². The zero-order chi connectivity index (χ0) is 17.6. The molecular formula is C15H13Cl2N3O3S. The molecule has 2 aromatic rings. The molecule has 2 aromatic carbocycles. The summed E-state index contributed by atoms with van der Waals surface area (Å²) < 4.78 is 27.5. The number of nitrogens with one attached hydrogen (secondary N) is 1. The number of rotatable bonds is 3. The van der Waals surface area contributed by atoms with Gasteiger partial charge in [-0.05, 0) is 35.9 Å². The lowest BCUT2D eigenvalue weighted by atomic mass is 10.2. The molecule has 1 aliphatic heterocycles. The Morgan fingerprint density at radius 1 is 1.17 bits per heavy atom. The highest BCUT2D eigenvalue weighted by Gasteiger charge is 2.26. The third-order valence-corrected chi connectivity index (χ3v) is 5.77. The molecule has 3 N–H and O–H groups in total. The molecule has 0 bridgehead atoms. The fraction of sp³-hybridized carbons (Fsp3) is 0.133. The van der Waals surface area contributed by atoms with Crippen molar-refractivity contribution in [3.8, 4) is 0 Å². The van der Waals surface area contributed by atoms with Crippen LogP contribution in [-0.4, -0.2) is 21.4 Å². The van der Waals surface area contributed by atoms with Crippen LogP contribution < -0.4 is 15.4 Å². The molecule has 1 heterocycles. The summed E-state index contributed by atoms with van der Waals surface area (Å²) in [7, 11) is -2.20. The summed E-state index contributed by atoms with van der Waals surface area (Å²) >= 11 is 11.8. The minimum Gasteiger partial charge on any atom is -0.396 e. The maximum absolute atomic E-state index is 12.5. The number of carbonyl (C=O) groups excluding carboxylic acids is 1. The fourth-order valence-corrected chi connectivity index (χ4v) is 4.05. The van der Waals surface area contributed by atoms with Crippen molar-refractivity contribution in [2.75, 3.05) is 22.4 Å². The first-order valence-electron chi connectivity index (χ1n) is 6.86. The number of sulfonamides is 1.